The molecule has 2 N–H and O–H groups in total. The molecule has 1 aliphatic heterocycles. The Balaban J connectivity index is 1.50. The van der Waals surface area contributed by atoms with Crippen molar-refractivity contribution in [2.24, 2.45) is 5.92 Å². The van der Waals surface area contributed by atoms with Gasteiger partial charge in [-0.05, 0) is 57.2 Å². The fraction of sp³-hybridized carbons (Fsp3) is 0.462. The highest BCUT2D eigenvalue weighted by molar-refractivity contribution is 6.09. The highest BCUT2D eigenvalue weighted by Gasteiger charge is 2.33. The number of amides is 2. The van der Waals surface area contributed by atoms with Crippen molar-refractivity contribution in [2.75, 3.05) is 13.2 Å². The molecule has 8 nitrogen and oxygen atoms in total. The van der Waals surface area contributed by atoms with Crippen LogP contribution in [0.1, 0.15) is 61.2 Å². The molecule has 0 radical (unpaired) electrons. The number of rotatable bonds is 7. The SMILES string of the molecule is CC(=O)N1C[C@H](NC(=O)c2c(C)[nH]c3c(-c4cc(C(F)F)ccc4OCC4CC4)ncnc23)C[C@H]1C. The van der Waals surface area contributed by atoms with Crippen LogP contribution in [0.15, 0.2) is 24.5 Å². The number of aromatic amines is 1. The van der Waals surface area contributed by atoms with Gasteiger partial charge in [0.25, 0.3) is 12.3 Å². The van der Waals surface area contributed by atoms with E-state index >= 15 is 0 Å². The van der Waals surface area contributed by atoms with Crippen molar-refractivity contribution in [3.63, 3.8) is 0 Å². The van der Waals surface area contributed by atoms with Crippen LogP contribution in [0.2, 0.25) is 0 Å². The Bertz CT molecular complexity index is 1320. The van der Waals surface area contributed by atoms with Gasteiger partial charge in [0.2, 0.25) is 5.91 Å². The molecular formula is C26H29F2N5O3. The summed E-state index contributed by atoms with van der Waals surface area (Å²) in [4.78, 5) is 38.8. The highest BCUT2D eigenvalue weighted by Crippen LogP contribution is 2.38. The molecule has 2 aromatic heterocycles. The lowest BCUT2D eigenvalue weighted by Gasteiger charge is -2.18. The minimum absolute atomic E-state index is 0.0226. The number of carbonyl (C=O) groups excluding carboxylic acids is 2. The second-order valence-corrected chi connectivity index (χ2v) is 9.81. The maximum Gasteiger partial charge on any atom is 0.263 e. The number of benzene rings is 1. The summed E-state index contributed by atoms with van der Waals surface area (Å²) in [5, 5.41) is 3.03. The lowest BCUT2D eigenvalue weighted by atomic mass is 10.0. The molecule has 36 heavy (non-hydrogen) atoms. The summed E-state index contributed by atoms with van der Waals surface area (Å²) in [6.45, 7) is 6.21. The molecule has 1 saturated carbocycles. The summed E-state index contributed by atoms with van der Waals surface area (Å²) in [6, 6.07) is 4.18. The molecular weight excluding hydrogens is 468 g/mol. The van der Waals surface area contributed by atoms with Gasteiger partial charge in [-0.3, -0.25) is 9.59 Å². The predicted molar refractivity (Wildman–Crippen MR) is 130 cm³/mol. The van der Waals surface area contributed by atoms with Crippen molar-refractivity contribution >= 4 is 22.8 Å². The van der Waals surface area contributed by atoms with E-state index in [-0.39, 0.29) is 29.5 Å². The monoisotopic (exact) mass is 497 g/mol. The highest BCUT2D eigenvalue weighted by atomic mass is 19.3. The topological polar surface area (TPSA) is 100 Å². The Labute approximate surface area is 207 Å². The number of alkyl halides is 2. The van der Waals surface area contributed by atoms with Crippen molar-refractivity contribution in [1.82, 2.24) is 25.2 Å². The second-order valence-electron chi connectivity index (χ2n) is 9.81. The number of carbonyl (C=O) groups is 2. The number of aromatic nitrogens is 3. The summed E-state index contributed by atoms with van der Waals surface area (Å²) < 4.78 is 33.1. The van der Waals surface area contributed by atoms with Crippen LogP contribution in [-0.4, -0.2) is 56.9 Å². The molecule has 3 heterocycles. The maximum atomic E-state index is 13.5. The lowest BCUT2D eigenvalue weighted by molar-refractivity contribution is -0.129. The van der Waals surface area contributed by atoms with Crippen LogP contribution in [0.25, 0.3) is 22.3 Å². The Morgan fingerprint density at radius 1 is 1.28 bits per heavy atom. The molecule has 5 rings (SSSR count). The summed E-state index contributed by atoms with van der Waals surface area (Å²) in [5.74, 6) is 0.621. The van der Waals surface area contributed by atoms with Crippen LogP contribution in [0.3, 0.4) is 0 Å². The number of hydrogen-bond acceptors (Lipinski definition) is 5. The number of aryl methyl sites for hydroxylation is 1. The first kappa shape index (κ1) is 24.1. The summed E-state index contributed by atoms with van der Waals surface area (Å²) in [6.07, 6.45) is 1.54. The Kier molecular flexibility index (Phi) is 6.36. The van der Waals surface area contributed by atoms with Gasteiger partial charge in [0.15, 0.2) is 0 Å². The molecule has 1 aliphatic carbocycles. The number of likely N-dealkylation sites (tertiary alicyclic amines) is 1. The first-order valence-corrected chi connectivity index (χ1v) is 12.2. The maximum absolute atomic E-state index is 13.5. The van der Waals surface area contributed by atoms with Gasteiger partial charge in [0, 0.05) is 42.4 Å². The van der Waals surface area contributed by atoms with Crippen LogP contribution in [0, 0.1) is 12.8 Å². The molecule has 2 aliphatic rings. The zero-order valence-electron chi connectivity index (χ0n) is 20.5. The molecule has 0 bridgehead atoms. The van der Waals surface area contributed by atoms with Gasteiger partial charge >= 0.3 is 0 Å². The van der Waals surface area contributed by atoms with Gasteiger partial charge in [-0.1, -0.05) is 0 Å². The van der Waals surface area contributed by atoms with Crippen molar-refractivity contribution in [3.8, 4) is 17.0 Å². The number of fused-ring (bicyclic) bond motifs is 1. The normalized spacial score (nSPS) is 19.8. The molecule has 0 spiro atoms. The minimum Gasteiger partial charge on any atom is -0.493 e. The van der Waals surface area contributed by atoms with E-state index in [2.05, 4.69) is 20.3 Å². The number of H-pyrrole nitrogens is 1. The van der Waals surface area contributed by atoms with Gasteiger partial charge in [0.1, 0.15) is 23.3 Å². The third-order valence-corrected chi connectivity index (χ3v) is 7.00. The van der Waals surface area contributed by atoms with E-state index in [1.807, 2.05) is 6.92 Å². The lowest BCUT2D eigenvalue weighted by Crippen LogP contribution is -2.38. The largest absolute Gasteiger partial charge is 0.493 e. The summed E-state index contributed by atoms with van der Waals surface area (Å²) in [5.41, 5.74) is 2.52. The number of nitrogens with zero attached hydrogens (tertiary/aromatic N) is 3. The van der Waals surface area contributed by atoms with E-state index in [1.54, 1.807) is 17.9 Å². The van der Waals surface area contributed by atoms with Crippen molar-refractivity contribution in [2.45, 2.75) is 58.5 Å². The Morgan fingerprint density at radius 2 is 2.06 bits per heavy atom. The number of nitrogens with one attached hydrogen (secondary N) is 2. The first-order valence-electron chi connectivity index (χ1n) is 12.2. The zero-order valence-corrected chi connectivity index (χ0v) is 20.5. The number of hydrogen-bond donors (Lipinski definition) is 2. The summed E-state index contributed by atoms with van der Waals surface area (Å²) in [7, 11) is 0. The molecule has 10 heteroatoms. The summed E-state index contributed by atoms with van der Waals surface area (Å²) >= 11 is 0. The molecule has 2 amide bonds. The average Bonchev–Trinajstić information content (AvgIpc) is 3.49. The van der Waals surface area contributed by atoms with E-state index < -0.39 is 6.43 Å². The Hall–Kier alpha value is -3.56. The smallest absolute Gasteiger partial charge is 0.263 e. The van der Waals surface area contributed by atoms with Gasteiger partial charge in [-0.15, -0.1) is 0 Å². The van der Waals surface area contributed by atoms with Crippen molar-refractivity contribution in [3.05, 3.63) is 41.3 Å². The minimum atomic E-state index is -2.64. The van der Waals surface area contributed by atoms with Gasteiger partial charge in [-0.25, -0.2) is 18.7 Å². The molecule has 2 atom stereocenters. The number of ether oxygens (including phenoxy) is 1. The molecule has 190 valence electrons. The standard InChI is InChI=1S/C26H29F2N5O3/c1-13-8-18(10-33(13)15(3)34)32-26(35)21-14(2)31-24-22(29-12-30-23(21)24)19-9-17(25(27)28)6-7-20(19)36-11-16-4-5-16/h6-7,9,12-13,16,18,25,31H,4-5,8,10-11H2,1-3H3,(H,32,35)/t13-,18-/m1/s1. The third kappa shape index (κ3) is 4.64. The van der Waals surface area contributed by atoms with Crippen LogP contribution in [0.4, 0.5) is 8.78 Å². The predicted octanol–water partition coefficient (Wildman–Crippen LogP) is 4.40. The number of halogens is 2. The van der Waals surface area contributed by atoms with Crippen LogP contribution < -0.4 is 10.1 Å². The van der Waals surface area contributed by atoms with Gasteiger partial charge < -0.3 is 19.9 Å². The van der Waals surface area contributed by atoms with E-state index in [0.717, 1.165) is 12.8 Å². The second kappa shape index (κ2) is 9.48. The van der Waals surface area contributed by atoms with Crippen molar-refractivity contribution in [1.29, 1.82) is 0 Å². The van der Waals surface area contributed by atoms with Gasteiger partial charge in [0.05, 0.1) is 17.7 Å². The van der Waals surface area contributed by atoms with Crippen LogP contribution >= 0.6 is 0 Å². The van der Waals surface area contributed by atoms with Gasteiger partial charge in [-0.2, -0.15) is 0 Å². The first-order chi connectivity index (χ1) is 17.2. The average molecular weight is 498 g/mol. The Morgan fingerprint density at radius 3 is 2.72 bits per heavy atom. The molecule has 0 unspecified atom stereocenters. The van der Waals surface area contributed by atoms with E-state index in [9.17, 15) is 18.4 Å². The fourth-order valence-corrected chi connectivity index (χ4v) is 4.92. The molecule has 1 aromatic carbocycles. The van der Waals surface area contributed by atoms with Crippen LogP contribution in [-0.2, 0) is 4.79 Å². The molecule has 1 saturated heterocycles. The van der Waals surface area contributed by atoms with E-state index in [0.29, 0.717) is 64.8 Å². The van der Waals surface area contributed by atoms with E-state index in [4.69, 9.17) is 4.74 Å². The fourth-order valence-electron chi connectivity index (χ4n) is 4.92. The molecule has 3 aromatic rings. The van der Waals surface area contributed by atoms with Crippen LogP contribution in [0.5, 0.6) is 5.75 Å². The molecule has 2 fully saturated rings. The third-order valence-electron chi connectivity index (χ3n) is 7.00. The van der Waals surface area contributed by atoms with Crippen molar-refractivity contribution < 1.29 is 23.1 Å². The quantitative estimate of drug-likeness (QED) is 0.504. The van der Waals surface area contributed by atoms with E-state index in [1.165, 1.54) is 25.4 Å². The zero-order chi connectivity index (χ0) is 25.6.